The van der Waals surface area contributed by atoms with E-state index in [9.17, 15) is 25.0 Å². The van der Waals surface area contributed by atoms with Crippen LogP contribution in [0.2, 0.25) is 0 Å². The first kappa shape index (κ1) is 18.1. The number of nitrogens with one attached hydrogen (secondary N) is 1. The number of rotatable bonds is 6. The van der Waals surface area contributed by atoms with Crippen molar-refractivity contribution >= 4 is 23.0 Å². The molecule has 0 spiro atoms. The van der Waals surface area contributed by atoms with Gasteiger partial charge in [-0.3, -0.25) is 20.2 Å². The molecule has 1 aliphatic rings. The Balaban J connectivity index is 1.90. The highest BCUT2D eigenvalue weighted by Crippen LogP contribution is 2.35. The number of ether oxygens (including phenoxy) is 2. The Morgan fingerprint density at radius 3 is 2.63 bits per heavy atom. The molecule has 0 saturated carbocycles. The molecule has 1 aliphatic heterocycles. The summed E-state index contributed by atoms with van der Waals surface area (Å²) in [4.78, 5) is 32.9. The van der Waals surface area contributed by atoms with Crippen LogP contribution in [0.5, 0.6) is 5.75 Å². The number of nitro benzene ring substituents is 2. The second-order valence-electron chi connectivity index (χ2n) is 5.83. The third-order valence-electron chi connectivity index (χ3n) is 4.14. The second kappa shape index (κ2) is 7.28. The molecule has 27 heavy (non-hydrogen) atoms. The Labute approximate surface area is 153 Å². The molecule has 0 amide bonds. The van der Waals surface area contributed by atoms with Crippen LogP contribution < -0.4 is 10.1 Å². The van der Waals surface area contributed by atoms with Crippen molar-refractivity contribution in [1.82, 2.24) is 0 Å². The van der Waals surface area contributed by atoms with Crippen LogP contribution in [0.4, 0.5) is 17.1 Å². The fourth-order valence-corrected chi connectivity index (χ4v) is 2.90. The third-order valence-corrected chi connectivity index (χ3v) is 4.14. The van der Waals surface area contributed by atoms with Crippen LogP contribution in [0.25, 0.3) is 0 Å². The van der Waals surface area contributed by atoms with E-state index in [-0.39, 0.29) is 23.9 Å². The molecule has 2 aromatic rings. The van der Waals surface area contributed by atoms with Gasteiger partial charge in [-0.1, -0.05) is 18.2 Å². The highest BCUT2D eigenvalue weighted by atomic mass is 16.6. The van der Waals surface area contributed by atoms with E-state index in [2.05, 4.69) is 10.1 Å². The topological polar surface area (TPSA) is 134 Å². The number of hydrogen-bond donors (Lipinski definition) is 1. The normalized spacial score (nSPS) is 14.8. The summed E-state index contributed by atoms with van der Waals surface area (Å²) in [5.41, 5.74) is -0.570. The van der Waals surface area contributed by atoms with Crippen molar-refractivity contribution in [2.45, 2.75) is 12.5 Å². The van der Waals surface area contributed by atoms with E-state index < -0.39 is 27.2 Å². The van der Waals surface area contributed by atoms with Gasteiger partial charge in [0.15, 0.2) is 0 Å². The average Bonchev–Trinajstić information content (AvgIpc) is 3.07. The number of methoxy groups -OCH3 is 1. The van der Waals surface area contributed by atoms with Gasteiger partial charge in [0.1, 0.15) is 17.5 Å². The summed E-state index contributed by atoms with van der Waals surface area (Å²) in [6, 6.07) is 9.22. The first-order chi connectivity index (χ1) is 12.9. The third kappa shape index (κ3) is 3.64. The molecule has 0 bridgehead atoms. The summed E-state index contributed by atoms with van der Waals surface area (Å²) < 4.78 is 10.4. The van der Waals surface area contributed by atoms with E-state index in [1.807, 2.05) is 24.3 Å². The predicted molar refractivity (Wildman–Crippen MR) is 94.1 cm³/mol. The maximum Gasteiger partial charge on any atom is 0.340 e. The van der Waals surface area contributed by atoms with Crippen molar-refractivity contribution in [3.63, 3.8) is 0 Å². The van der Waals surface area contributed by atoms with E-state index in [0.717, 1.165) is 30.6 Å². The maximum atomic E-state index is 12.0. The van der Waals surface area contributed by atoms with Gasteiger partial charge in [0.25, 0.3) is 11.4 Å². The summed E-state index contributed by atoms with van der Waals surface area (Å²) in [6.07, 6.45) is 0.292. The van der Waals surface area contributed by atoms with Gasteiger partial charge in [-0.2, -0.15) is 0 Å². The fraction of sp³-hybridized carbons (Fsp3) is 0.235. The first-order valence-electron chi connectivity index (χ1n) is 7.94. The van der Waals surface area contributed by atoms with Gasteiger partial charge in [-0.15, -0.1) is 0 Å². The number of carbonyl (C=O) groups excluding carboxylic acids is 1. The molecule has 1 unspecified atom stereocenters. The number of non-ortho nitro benzene ring substituents is 1. The maximum absolute atomic E-state index is 12.0. The summed E-state index contributed by atoms with van der Waals surface area (Å²) in [7, 11) is 1.09. The quantitative estimate of drug-likeness (QED) is 0.464. The zero-order chi connectivity index (χ0) is 19.6. The minimum atomic E-state index is -0.917. The van der Waals surface area contributed by atoms with Gasteiger partial charge < -0.3 is 14.8 Å². The SMILES string of the molecule is COC(=O)c1cc([N+](=O)[O-])cc([N+](=O)[O-])c1NCC1Cc2ccccc2O1. The van der Waals surface area contributed by atoms with Gasteiger partial charge in [-0.25, -0.2) is 4.79 Å². The van der Waals surface area contributed by atoms with Gasteiger partial charge in [0.2, 0.25) is 0 Å². The Morgan fingerprint density at radius 2 is 2.00 bits per heavy atom. The van der Waals surface area contributed by atoms with Crippen LogP contribution in [0, 0.1) is 20.2 Å². The number of esters is 1. The van der Waals surface area contributed by atoms with Crippen molar-refractivity contribution in [3.8, 4) is 5.75 Å². The van der Waals surface area contributed by atoms with Crippen LogP contribution in [-0.2, 0) is 11.2 Å². The van der Waals surface area contributed by atoms with Crippen LogP contribution in [0.3, 0.4) is 0 Å². The molecule has 10 heteroatoms. The molecule has 0 aliphatic carbocycles. The van der Waals surface area contributed by atoms with E-state index in [1.165, 1.54) is 0 Å². The number of anilines is 1. The Hall–Kier alpha value is -3.69. The minimum absolute atomic E-state index is 0.142. The molecule has 3 rings (SSSR count). The van der Waals surface area contributed by atoms with Crippen LogP contribution in [-0.4, -0.2) is 35.6 Å². The van der Waals surface area contributed by atoms with Crippen molar-refractivity contribution < 1.29 is 24.1 Å². The molecule has 10 nitrogen and oxygen atoms in total. The molecule has 0 radical (unpaired) electrons. The minimum Gasteiger partial charge on any atom is -0.488 e. The molecule has 1 atom stereocenters. The summed E-state index contributed by atoms with van der Waals surface area (Å²) in [6.45, 7) is 0.164. The van der Waals surface area contributed by atoms with E-state index in [4.69, 9.17) is 4.74 Å². The van der Waals surface area contributed by atoms with Gasteiger partial charge in [-0.05, 0) is 11.6 Å². The zero-order valence-corrected chi connectivity index (χ0v) is 14.2. The zero-order valence-electron chi connectivity index (χ0n) is 14.2. The number of hydrogen-bond acceptors (Lipinski definition) is 8. The molecule has 140 valence electrons. The lowest BCUT2D eigenvalue weighted by Gasteiger charge is -2.15. The Morgan fingerprint density at radius 1 is 1.26 bits per heavy atom. The van der Waals surface area contributed by atoms with E-state index >= 15 is 0 Å². The van der Waals surface area contributed by atoms with Crippen LogP contribution in [0.15, 0.2) is 36.4 Å². The van der Waals surface area contributed by atoms with Crippen molar-refractivity contribution in [2.24, 2.45) is 0 Å². The van der Waals surface area contributed by atoms with E-state index in [0.29, 0.717) is 6.42 Å². The Kier molecular flexibility index (Phi) is 4.88. The molecule has 1 N–H and O–H groups in total. The predicted octanol–water partition coefficient (Wildman–Crippen LogP) is 2.71. The lowest BCUT2D eigenvalue weighted by atomic mass is 10.1. The summed E-state index contributed by atoms with van der Waals surface area (Å²) in [5.74, 6) is -0.185. The number of fused-ring (bicyclic) bond motifs is 1. The van der Waals surface area contributed by atoms with Gasteiger partial charge in [0, 0.05) is 12.5 Å². The van der Waals surface area contributed by atoms with Crippen LogP contribution in [0.1, 0.15) is 15.9 Å². The monoisotopic (exact) mass is 373 g/mol. The molecular weight excluding hydrogens is 358 g/mol. The summed E-state index contributed by atoms with van der Waals surface area (Å²) in [5, 5.41) is 25.3. The molecule has 1 heterocycles. The number of nitrogens with zero attached hydrogens (tertiary/aromatic N) is 2. The number of benzene rings is 2. The number of carbonyl (C=O) groups is 1. The highest BCUT2D eigenvalue weighted by Gasteiger charge is 2.29. The summed E-state index contributed by atoms with van der Waals surface area (Å²) >= 11 is 0. The molecule has 0 saturated heterocycles. The van der Waals surface area contributed by atoms with Gasteiger partial charge in [0.05, 0.1) is 35.1 Å². The largest absolute Gasteiger partial charge is 0.488 e. The van der Waals surface area contributed by atoms with Crippen molar-refractivity contribution in [3.05, 3.63) is 67.8 Å². The highest BCUT2D eigenvalue weighted by molar-refractivity contribution is 5.99. The molecule has 0 fully saturated rings. The average molecular weight is 373 g/mol. The van der Waals surface area contributed by atoms with Gasteiger partial charge >= 0.3 is 5.97 Å². The fourth-order valence-electron chi connectivity index (χ4n) is 2.90. The lowest BCUT2D eigenvalue weighted by molar-refractivity contribution is -0.393. The van der Waals surface area contributed by atoms with E-state index in [1.54, 1.807) is 0 Å². The van der Waals surface area contributed by atoms with Crippen molar-refractivity contribution in [1.29, 1.82) is 0 Å². The first-order valence-corrected chi connectivity index (χ1v) is 7.94. The smallest absolute Gasteiger partial charge is 0.340 e. The number of para-hydroxylation sites is 1. The number of nitro groups is 2. The standard InChI is InChI=1S/C17H15N3O7/c1-26-17(21)13-7-11(19(22)23)8-14(20(24)25)16(13)18-9-12-6-10-4-2-3-5-15(10)27-12/h2-5,7-8,12,18H,6,9H2,1H3. The molecule has 2 aromatic carbocycles. The molecule has 0 aromatic heterocycles. The Bertz CT molecular complexity index is 904. The van der Waals surface area contributed by atoms with Crippen molar-refractivity contribution in [2.75, 3.05) is 19.0 Å². The second-order valence-corrected chi connectivity index (χ2v) is 5.83. The molecular formula is C17H15N3O7. The van der Waals surface area contributed by atoms with Crippen LogP contribution >= 0.6 is 0 Å². The lowest BCUT2D eigenvalue weighted by Crippen LogP contribution is -2.25.